The van der Waals surface area contributed by atoms with E-state index in [1.807, 2.05) is 35.0 Å². The van der Waals surface area contributed by atoms with Gasteiger partial charge in [0.1, 0.15) is 11.6 Å². The zero-order chi connectivity index (χ0) is 16.9. The molecular formula is C19H20FN3O. The number of halogens is 1. The maximum atomic E-state index is 13.2. The molecule has 24 heavy (non-hydrogen) atoms. The lowest BCUT2D eigenvalue weighted by Crippen LogP contribution is -2.02. The third-order valence-electron chi connectivity index (χ3n) is 3.66. The van der Waals surface area contributed by atoms with Crippen molar-refractivity contribution in [2.45, 2.75) is 19.9 Å². The minimum atomic E-state index is -0.263. The Bertz CT molecular complexity index is 794. The fourth-order valence-corrected chi connectivity index (χ4v) is 2.46. The lowest BCUT2D eigenvalue weighted by molar-refractivity contribution is 0.317. The third kappa shape index (κ3) is 3.46. The molecule has 0 saturated carbocycles. The first kappa shape index (κ1) is 16.2. The highest BCUT2D eigenvalue weighted by Gasteiger charge is 2.11. The summed E-state index contributed by atoms with van der Waals surface area (Å²) in [5.41, 5.74) is 9.17. The summed E-state index contributed by atoms with van der Waals surface area (Å²) in [6, 6.07) is 16.0. The second-order valence-corrected chi connectivity index (χ2v) is 5.49. The van der Waals surface area contributed by atoms with E-state index in [0.29, 0.717) is 13.2 Å². The van der Waals surface area contributed by atoms with Gasteiger partial charge in [0.25, 0.3) is 0 Å². The number of benzene rings is 2. The summed E-state index contributed by atoms with van der Waals surface area (Å²) >= 11 is 0. The summed E-state index contributed by atoms with van der Waals surface area (Å²) in [5.74, 6) is 0.566. The first-order valence-corrected chi connectivity index (χ1v) is 7.99. The van der Waals surface area contributed by atoms with Gasteiger partial charge in [-0.2, -0.15) is 5.10 Å². The van der Waals surface area contributed by atoms with Crippen molar-refractivity contribution in [1.29, 1.82) is 0 Å². The quantitative estimate of drug-likeness (QED) is 0.747. The molecule has 0 aliphatic heterocycles. The van der Waals surface area contributed by atoms with E-state index in [0.717, 1.165) is 34.8 Å². The molecule has 0 aliphatic carbocycles. The second-order valence-electron chi connectivity index (χ2n) is 5.49. The van der Waals surface area contributed by atoms with Crippen molar-refractivity contribution in [3.63, 3.8) is 0 Å². The maximum Gasteiger partial charge on any atom is 0.123 e. The van der Waals surface area contributed by atoms with E-state index in [1.54, 1.807) is 12.1 Å². The Morgan fingerprint density at radius 3 is 2.42 bits per heavy atom. The SMILES string of the molecule is CCCOc1ccc(-n2nc(CN)cc2-c2ccc(F)cc2)cc1. The normalized spacial score (nSPS) is 10.8. The summed E-state index contributed by atoms with van der Waals surface area (Å²) < 4.78 is 20.6. The largest absolute Gasteiger partial charge is 0.494 e. The van der Waals surface area contributed by atoms with Gasteiger partial charge in [0.2, 0.25) is 0 Å². The number of hydrogen-bond donors (Lipinski definition) is 1. The topological polar surface area (TPSA) is 53.1 Å². The van der Waals surface area contributed by atoms with Crippen LogP contribution >= 0.6 is 0 Å². The van der Waals surface area contributed by atoms with Crippen molar-refractivity contribution < 1.29 is 9.13 Å². The standard InChI is InChI=1S/C19H20FN3O/c1-2-11-24-18-9-7-17(8-10-18)23-19(12-16(13-21)22-23)14-3-5-15(20)6-4-14/h3-10,12H,2,11,13,21H2,1H3. The van der Waals surface area contributed by atoms with Crippen LogP contribution in [0.3, 0.4) is 0 Å². The smallest absolute Gasteiger partial charge is 0.123 e. The fraction of sp³-hybridized carbons (Fsp3) is 0.211. The first-order valence-electron chi connectivity index (χ1n) is 7.99. The number of hydrogen-bond acceptors (Lipinski definition) is 3. The molecule has 0 bridgehead atoms. The van der Waals surface area contributed by atoms with Crippen LogP contribution in [-0.4, -0.2) is 16.4 Å². The number of aromatic nitrogens is 2. The van der Waals surface area contributed by atoms with Gasteiger partial charge in [-0.3, -0.25) is 0 Å². The summed E-state index contributed by atoms with van der Waals surface area (Å²) in [6.07, 6.45) is 0.968. The monoisotopic (exact) mass is 325 g/mol. The predicted octanol–water partition coefficient (Wildman–Crippen LogP) is 3.93. The Balaban J connectivity index is 1.97. The van der Waals surface area contributed by atoms with Crippen molar-refractivity contribution in [1.82, 2.24) is 9.78 Å². The Kier molecular flexibility index (Phi) is 4.91. The summed E-state index contributed by atoms with van der Waals surface area (Å²) in [4.78, 5) is 0. The highest BCUT2D eigenvalue weighted by Crippen LogP contribution is 2.25. The van der Waals surface area contributed by atoms with Crippen LogP contribution < -0.4 is 10.5 Å². The molecule has 2 aromatic carbocycles. The molecule has 0 radical (unpaired) electrons. The number of rotatable bonds is 6. The van der Waals surface area contributed by atoms with Gasteiger partial charge in [0, 0.05) is 12.1 Å². The van der Waals surface area contributed by atoms with E-state index < -0.39 is 0 Å². The molecule has 5 heteroatoms. The van der Waals surface area contributed by atoms with Crippen LogP contribution in [0, 0.1) is 5.82 Å². The van der Waals surface area contributed by atoms with Crippen molar-refractivity contribution in [2.75, 3.05) is 6.61 Å². The van der Waals surface area contributed by atoms with Crippen LogP contribution in [0.1, 0.15) is 19.0 Å². The van der Waals surface area contributed by atoms with E-state index in [-0.39, 0.29) is 5.82 Å². The number of nitrogens with zero attached hydrogens (tertiary/aromatic N) is 2. The minimum absolute atomic E-state index is 0.263. The molecule has 0 aliphatic rings. The van der Waals surface area contributed by atoms with Crippen molar-refractivity contribution >= 4 is 0 Å². The van der Waals surface area contributed by atoms with Crippen LogP contribution in [0.5, 0.6) is 5.75 Å². The molecule has 0 spiro atoms. The van der Waals surface area contributed by atoms with Gasteiger partial charge in [-0.05, 0) is 61.0 Å². The molecule has 0 fully saturated rings. The van der Waals surface area contributed by atoms with Gasteiger partial charge in [0.05, 0.1) is 23.7 Å². The number of ether oxygens (including phenoxy) is 1. The molecule has 1 aromatic heterocycles. The van der Waals surface area contributed by atoms with Gasteiger partial charge < -0.3 is 10.5 Å². The van der Waals surface area contributed by atoms with Gasteiger partial charge in [0.15, 0.2) is 0 Å². The molecule has 1 heterocycles. The second kappa shape index (κ2) is 7.27. The molecule has 3 rings (SSSR count). The molecule has 2 N–H and O–H groups in total. The van der Waals surface area contributed by atoms with Gasteiger partial charge >= 0.3 is 0 Å². The van der Waals surface area contributed by atoms with E-state index in [9.17, 15) is 4.39 Å². The first-order chi connectivity index (χ1) is 11.7. The Hall–Kier alpha value is -2.66. The van der Waals surface area contributed by atoms with Crippen LogP contribution in [0.25, 0.3) is 16.9 Å². The zero-order valence-corrected chi connectivity index (χ0v) is 13.6. The lowest BCUT2D eigenvalue weighted by atomic mass is 10.1. The van der Waals surface area contributed by atoms with Crippen LogP contribution in [0.4, 0.5) is 4.39 Å². The van der Waals surface area contributed by atoms with E-state index in [1.165, 1.54) is 12.1 Å². The maximum absolute atomic E-state index is 13.2. The lowest BCUT2D eigenvalue weighted by Gasteiger charge is -2.09. The summed E-state index contributed by atoms with van der Waals surface area (Å²) in [6.45, 7) is 3.11. The van der Waals surface area contributed by atoms with Crippen LogP contribution in [0.15, 0.2) is 54.6 Å². The molecular weight excluding hydrogens is 305 g/mol. The summed E-state index contributed by atoms with van der Waals surface area (Å²) in [7, 11) is 0. The van der Waals surface area contributed by atoms with Gasteiger partial charge in [-0.25, -0.2) is 9.07 Å². The average molecular weight is 325 g/mol. The molecule has 0 unspecified atom stereocenters. The average Bonchev–Trinajstić information content (AvgIpc) is 3.05. The summed E-state index contributed by atoms with van der Waals surface area (Å²) in [5, 5.41) is 4.55. The van der Waals surface area contributed by atoms with E-state index in [2.05, 4.69) is 12.0 Å². The zero-order valence-electron chi connectivity index (χ0n) is 13.6. The third-order valence-corrected chi connectivity index (χ3v) is 3.66. The molecule has 0 atom stereocenters. The molecule has 0 amide bonds. The Morgan fingerprint density at radius 2 is 1.79 bits per heavy atom. The Morgan fingerprint density at radius 1 is 1.08 bits per heavy atom. The van der Waals surface area contributed by atoms with Crippen LogP contribution in [0.2, 0.25) is 0 Å². The fourth-order valence-electron chi connectivity index (χ4n) is 2.46. The van der Waals surface area contributed by atoms with Gasteiger partial charge in [-0.1, -0.05) is 6.92 Å². The van der Waals surface area contributed by atoms with E-state index >= 15 is 0 Å². The molecule has 3 aromatic rings. The van der Waals surface area contributed by atoms with Crippen molar-refractivity contribution in [3.05, 3.63) is 66.1 Å². The van der Waals surface area contributed by atoms with E-state index in [4.69, 9.17) is 10.5 Å². The molecule has 4 nitrogen and oxygen atoms in total. The Labute approximate surface area is 140 Å². The number of nitrogens with two attached hydrogens (primary N) is 1. The van der Waals surface area contributed by atoms with Crippen molar-refractivity contribution in [2.24, 2.45) is 5.73 Å². The highest BCUT2D eigenvalue weighted by molar-refractivity contribution is 5.62. The highest BCUT2D eigenvalue weighted by atomic mass is 19.1. The van der Waals surface area contributed by atoms with Gasteiger partial charge in [-0.15, -0.1) is 0 Å². The van der Waals surface area contributed by atoms with Crippen LogP contribution in [-0.2, 0) is 6.54 Å². The van der Waals surface area contributed by atoms with Crippen molar-refractivity contribution in [3.8, 4) is 22.7 Å². The minimum Gasteiger partial charge on any atom is -0.494 e. The molecule has 0 saturated heterocycles. The molecule has 124 valence electrons. The predicted molar refractivity (Wildman–Crippen MR) is 92.6 cm³/mol.